The zero-order valence-corrected chi connectivity index (χ0v) is 8.36. The van der Waals surface area contributed by atoms with Crippen molar-refractivity contribution in [2.45, 2.75) is 0 Å². The van der Waals surface area contributed by atoms with Crippen LogP contribution in [0.25, 0.3) is 0 Å². The van der Waals surface area contributed by atoms with Crippen molar-refractivity contribution >= 4 is 29.1 Å². The third-order valence-corrected chi connectivity index (χ3v) is 1.71. The van der Waals surface area contributed by atoms with Crippen molar-refractivity contribution in [1.82, 2.24) is 9.97 Å². The van der Waals surface area contributed by atoms with Crippen LogP contribution in [0.5, 0.6) is 0 Å². The Morgan fingerprint density at radius 2 is 2.33 bits per heavy atom. The van der Waals surface area contributed by atoms with E-state index < -0.39 is 10.7 Å². The maximum absolute atomic E-state index is 10.4. The Morgan fingerprint density at radius 1 is 1.67 bits per heavy atom. The van der Waals surface area contributed by atoms with E-state index in [0.717, 1.165) is 0 Å². The standard InChI is InChI=1S/C7H8ClN5O2/c1-2-3-10-6-4(8)11-7(13(14)15)5(9)12-6/h2H,1,3H2,(H3,9,10,12). The van der Waals surface area contributed by atoms with Crippen molar-refractivity contribution in [2.75, 3.05) is 17.6 Å². The molecule has 0 atom stereocenters. The summed E-state index contributed by atoms with van der Waals surface area (Å²) in [5, 5.41) is 13.1. The average molecular weight is 230 g/mol. The van der Waals surface area contributed by atoms with Gasteiger partial charge in [0.05, 0.1) is 0 Å². The maximum Gasteiger partial charge on any atom is 0.408 e. The van der Waals surface area contributed by atoms with Gasteiger partial charge in [-0.1, -0.05) is 6.08 Å². The fraction of sp³-hybridized carbons (Fsp3) is 0.143. The molecule has 3 N–H and O–H groups in total. The minimum atomic E-state index is -0.745. The van der Waals surface area contributed by atoms with E-state index in [1.165, 1.54) is 0 Å². The normalized spacial score (nSPS) is 9.67. The van der Waals surface area contributed by atoms with Crippen LogP contribution >= 0.6 is 11.6 Å². The Morgan fingerprint density at radius 3 is 2.87 bits per heavy atom. The lowest BCUT2D eigenvalue weighted by atomic mass is 10.5. The van der Waals surface area contributed by atoms with Gasteiger partial charge >= 0.3 is 5.82 Å². The van der Waals surface area contributed by atoms with Crippen molar-refractivity contribution in [3.05, 3.63) is 27.9 Å². The Hall–Kier alpha value is -1.89. The monoisotopic (exact) mass is 229 g/mol. The summed E-state index contributed by atoms with van der Waals surface area (Å²) in [6, 6.07) is 0. The smallest absolute Gasteiger partial charge is 0.377 e. The summed E-state index contributed by atoms with van der Waals surface area (Å²) in [5.74, 6) is -0.639. The summed E-state index contributed by atoms with van der Waals surface area (Å²) in [6.45, 7) is 3.89. The molecule has 0 radical (unpaired) electrons. The van der Waals surface area contributed by atoms with Crippen LogP contribution in [-0.4, -0.2) is 21.4 Å². The van der Waals surface area contributed by atoms with E-state index >= 15 is 0 Å². The van der Waals surface area contributed by atoms with Crippen molar-refractivity contribution < 1.29 is 4.92 Å². The highest BCUT2D eigenvalue weighted by molar-refractivity contribution is 6.31. The minimum Gasteiger partial charge on any atom is -0.377 e. The van der Waals surface area contributed by atoms with E-state index in [2.05, 4.69) is 21.9 Å². The largest absolute Gasteiger partial charge is 0.408 e. The van der Waals surface area contributed by atoms with E-state index in [-0.39, 0.29) is 16.8 Å². The molecule has 8 heteroatoms. The molecule has 15 heavy (non-hydrogen) atoms. The number of nitrogens with zero attached hydrogens (tertiary/aromatic N) is 3. The molecule has 0 saturated carbocycles. The molecule has 0 aliphatic rings. The second-order valence-electron chi connectivity index (χ2n) is 2.50. The van der Waals surface area contributed by atoms with E-state index in [1.54, 1.807) is 6.08 Å². The van der Waals surface area contributed by atoms with Gasteiger partial charge in [-0.3, -0.25) is 0 Å². The van der Waals surface area contributed by atoms with E-state index in [9.17, 15) is 10.1 Å². The molecule has 0 spiro atoms. The van der Waals surface area contributed by atoms with Crippen LogP contribution in [0.15, 0.2) is 12.7 Å². The van der Waals surface area contributed by atoms with Crippen LogP contribution in [0, 0.1) is 10.1 Å². The number of hydrogen-bond acceptors (Lipinski definition) is 6. The van der Waals surface area contributed by atoms with Crippen LogP contribution < -0.4 is 11.1 Å². The summed E-state index contributed by atoms with van der Waals surface area (Å²) >= 11 is 5.65. The highest BCUT2D eigenvalue weighted by Gasteiger charge is 2.20. The lowest BCUT2D eigenvalue weighted by molar-refractivity contribution is -0.388. The van der Waals surface area contributed by atoms with Crippen LogP contribution in [0.3, 0.4) is 0 Å². The number of hydrogen-bond donors (Lipinski definition) is 2. The number of rotatable bonds is 4. The van der Waals surface area contributed by atoms with Gasteiger partial charge in [-0.25, -0.2) is 4.98 Å². The quantitative estimate of drug-likeness (QED) is 0.457. The summed E-state index contributed by atoms with van der Waals surface area (Å²) < 4.78 is 0. The Bertz CT molecular complexity index is 409. The molecule has 0 aliphatic heterocycles. The van der Waals surface area contributed by atoms with Crippen molar-refractivity contribution in [3.8, 4) is 0 Å². The molecule has 0 saturated heterocycles. The molecule has 0 fully saturated rings. The van der Waals surface area contributed by atoms with E-state index in [0.29, 0.717) is 6.54 Å². The first-order valence-electron chi connectivity index (χ1n) is 3.88. The van der Waals surface area contributed by atoms with Gasteiger partial charge in [-0.2, -0.15) is 0 Å². The van der Waals surface area contributed by atoms with Crippen LogP contribution in [0.4, 0.5) is 17.5 Å². The van der Waals surface area contributed by atoms with Crippen LogP contribution in [0.1, 0.15) is 0 Å². The Balaban J connectivity index is 3.07. The molecule has 0 amide bonds. The zero-order chi connectivity index (χ0) is 11.4. The first-order chi connectivity index (χ1) is 7.06. The van der Waals surface area contributed by atoms with Gasteiger partial charge in [0.1, 0.15) is 0 Å². The van der Waals surface area contributed by atoms with E-state index in [4.69, 9.17) is 17.3 Å². The van der Waals surface area contributed by atoms with Gasteiger partial charge in [0.15, 0.2) is 5.82 Å². The molecule has 80 valence electrons. The van der Waals surface area contributed by atoms with Crippen molar-refractivity contribution in [2.24, 2.45) is 0 Å². The summed E-state index contributed by atoms with van der Waals surface area (Å²) in [4.78, 5) is 16.9. The Labute approximate surface area is 90.1 Å². The van der Waals surface area contributed by atoms with Gasteiger partial charge in [0, 0.05) is 6.54 Å². The van der Waals surface area contributed by atoms with Gasteiger partial charge in [-0.15, -0.1) is 6.58 Å². The third kappa shape index (κ3) is 2.53. The van der Waals surface area contributed by atoms with E-state index in [1.807, 2.05) is 0 Å². The predicted molar refractivity (Wildman–Crippen MR) is 56.8 cm³/mol. The summed E-state index contributed by atoms with van der Waals surface area (Å²) in [6.07, 6.45) is 1.58. The fourth-order valence-corrected chi connectivity index (χ4v) is 1.02. The highest BCUT2D eigenvalue weighted by atomic mass is 35.5. The number of nitrogens with two attached hydrogens (primary N) is 1. The lowest BCUT2D eigenvalue weighted by Gasteiger charge is -2.03. The minimum absolute atomic E-state index is 0.0993. The van der Waals surface area contributed by atoms with Gasteiger partial charge in [-0.05, 0) is 21.5 Å². The molecule has 0 unspecified atom stereocenters. The van der Waals surface area contributed by atoms with Gasteiger partial charge < -0.3 is 21.2 Å². The Kier molecular flexibility index (Phi) is 3.40. The average Bonchev–Trinajstić information content (AvgIpc) is 2.18. The molecule has 1 aromatic heterocycles. The number of aromatic nitrogens is 2. The number of nitro groups is 1. The zero-order valence-electron chi connectivity index (χ0n) is 7.61. The first kappa shape index (κ1) is 11.2. The van der Waals surface area contributed by atoms with Crippen LogP contribution in [-0.2, 0) is 0 Å². The molecule has 1 heterocycles. The number of anilines is 2. The predicted octanol–water partition coefficient (Wildman–Crippen LogP) is 1.22. The molecular formula is C7H8ClN5O2. The first-order valence-corrected chi connectivity index (χ1v) is 4.26. The molecule has 7 nitrogen and oxygen atoms in total. The molecule has 1 rings (SSSR count). The topological polar surface area (TPSA) is 107 Å². The molecule has 0 aliphatic carbocycles. The highest BCUT2D eigenvalue weighted by Crippen LogP contribution is 2.24. The molecular weight excluding hydrogens is 222 g/mol. The molecule has 0 bridgehead atoms. The lowest BCUT2D eigenvalue weighted by Crippen LogP contribution is -2.07. The SMILES string of the molecule is C=CCNc1nc(N)c([N+](=O)[O-])nc1Cl. The number of nitrogens with one attached hydrogen (secondary N) is 1. The third-order valence-electron chi connectivity index (χ3n) is 1.45. The fourth-order valence-electron chi connectivity index (χ4n) is 0.835. The van der Waals surface area contributed by atoms with Crippen LogP contribution in [0.2, 0.25) is 5.15 Å². The summed E-state index contributed by atoms with van der Waals surface area (Å²) in [5.41, 5.74) is 5.32. The number of halogens is 1. The second-order valence-corrected chi connectivity index (χ2v) is 2.86. The van der Waals surface area contributed by atoms with Crippen molar-refractivity contribution in [3.63, 3.8) is 0 Å². The molecule has 0 aromatic carbocycles. The van der Waals surface area contributed by atoms with Gasteiger partial charge in [0.25, 0.3) is 5.15 Å². The molecule has 1 aromatic rings. The summed E-state index contributed by atoms with van der Waals surface area (Å²) in [7, 11) is 0. The van der Waals surface area contributed by atoms with Gasteiger partial charge in [0.2, 0.25) is 5.82 Å². The second kappa shape index (κ2) is 4.56. The maximum atomic E-state index is 10.4. The number of nitrogen functional groups attached to an aromatic ring is 1. The van der Waals surface area contributed by atoms with Crippen molar-refractivity contribution in [1.29, 1.82) is 0 Å².